The van der Waals surface area contributed by atoms with Gasteiger partial charge in [0, 0.05) is 5.56 Å². The largest absolute Gasteiger partial charge is 0.496 e. The molecule has 20 heavy (non-hydrogen) atoms. The Hall–Kier alpha value is -1.87. The molecule has 0 aliphatic heterocycles. The van der Waals surface area contributed by atoms with Crippen LogP contribution in [0.25, 0.3) is 0 Å². The lowest BCUT2D eigenvalue weighted by Crippen LogP contribution is -2.24. The van der Waals surface area contributed by atoms with E-state index >= 15 is 0 Å². The van der Waals surface area contributed by atoms with Crippen LogP contribution in [0.4, 0.5) is 4.39 Å². The summed E-state index contributed by atoms with van der Waals surface area (Å²) < 4.78 is 18.7. The summed E-state index contributed by atoms with van der Waals surface area (Å²) in [6.07, 6.45) is 1.21. The zero-order chi connectivity index (χ0) is 14.3. The number of methoxy groups -OCH3 is 1. The number of benzene rings is 2. The molecule has 2 aromatic carbocycles. The molecule has 1 aliphatic rings. The average Bonchev–Trinajstić information content (AvgIpc) is 2.77. The molecule has 2 nitrogen and oxygen atoms in total. The molecule has 2 aromatic rings. The molecular formula is C17H17FO2. The van der Waals surface area contributed by atoms with Crippen LogP contribution in [0.3, 0.4) is 0 Å². The number of hydrogen-bond donors (Lipinski definition) is 1. The van der Waals surface area contributed by atoms with Crippen LogP contribution >= 0.6 is 0 Å². The standard InChI is InChI=1S/C17H17FO2/c1-11-3-6-16(20-2)15(9-11)17(19)8-7-12-10-13(18)4-5-14(12)17/h3-6,9-10,19H,7-8H2,1-2H3. The third-order valence-corrected chi connectivity index (χ3v) is 4.07. The van der Waals surface area contributed by atoms with E-state index in [-0.39, 0.29) is 5.82 Å². The molecule has 1 atom stereocenters. The number of fused-ring (bicyclic) bond motifs is 1. The van der Waals surface area contributed by atoms with Crippen LogP contribution in [0, 0.1) is 12.7 Å². The van der Waals surface area contributed by atoms with Crippen LogP contribution in [0.5, 0.6) is 5.75 Å². The van der Waals surface area contributed by atoms with Gasteiger partial charge in [0.2, 0.25) is 0 Å². The summed E-state index contributed by atoms with van der Waals surface area (Å²) >= 11 is 0. The first-order valence-corrected chi connectivity index (χ1v) is 6.71. The van der Waals surface area contributed by atoms with Gasteiger partial charge in [-0.2, -0.15) is 0 Å². The lowest BCUT2D eigenvalue weighted by Gasteiger charge is -2.27. The van der Waals surface area contributed by atoms with Gasteiger partial charge in [-0.3, -0.25) is 0 Å². The summed E-state index contributed by atoms with van der Waals surface area (Å²) in [7, 11) is 1.60. The molecule has 1 aliphatic carbocycles. The molecular weight excluding hydrogens is 255 g/mol. The van der Waals surface area contributed by atoms with Gasteiger partial charge in [0.25, 0.3) is 0 Å². The predicted molar refractivity (Wildman–Crippen MR) is 75.5 cm³/mol. The van der Waals surface area contributed by atoms with Crippen molar-refractivity contribution in [1.82, 2.24) is 0 Å². The van der Waals surface area contributed by atoms with Gasteiger partial charge in [0.15, 0.2) is 0 Å². The number of aryl methyl sites for hydroxylation is 2. The summed E-state index contributed by atoms with van der Waals surface area (Å²) in [5.41, 5.74) is 2.37. The highest BCUT2D eigenvalue weighted by Gasteiger charge is 2.40. The Morgan fingerprint density at radius 1 is 1.15 bits per heavy atom. The van der Waals surface area contributed by atoms with Crippen LogP contribution in [0.15, 0.2) is 36.4 Å². The molecule has 1 unspecified atom stereocenters. The maximum absolute atomic E-state index is 13.3. The van der Waals surface area contributed by atoms with Crippen molar-refractivity contribution in [1.29, 1.82) is 0 Å². The fraction of sp³-hybridized carbons (Fsp3) is 0.294. The fourth-order valence-electron chi connectivity index (χ4n) is 3.05. The third-order valence-electron chi connectivity index (χ3n) is 4.07. The van der Waals surface area contributed by atoms with Crippen molar-refractivity contribution in [3.8, 4) is 5.75 Å². The Morgan fingerprint density at radius 3 is 2.70 bits per heavy atom. The maximum Gasteiger partial charge on any atom is 0.125 e. The first-order chi connectivity index (χ1) is 9.54. The van der Waals surface area contributed by atoms with Gasteiger partial charge in [-0.1, -0.05) is 17.7 Å². The molecule has 1 N–H and O–H groups in total. The zero-order valence-corrected chi connectivity index (χ0v) is 11.6. The minimum Gasteiger partial charge on any atom is -0.496 e. The van der Waals surface area contributed by atoms with Gasteiger partial charge >= 0.3 is 0 Å². The van der Waals surface area contributed by atoms with Gasteiger partial charge in [-0.15, -0.1) is 0 Å². The van der Waals surface area contributed by atoms with Crippen LogP contribution < -0.4 is 4.74 Å². The van der Waals surface area contributed by atoms with E-state index < -0.39 is 5.60 Å². The molecule has 0 amide bonds. The quantitative estimate of drug-likeness (QED) is 0.908. The van der Waals surface area contributed by atoms with Crippen molar-refractivity contribution < 1.29 is 14.2 Å². The summed E-state index contributed by atoms with van der Waals surface area (Å²) in [6.45, 7) is 1.98. The Morgan fingerprint density at radius 2 is 1.95 bits per heavy atom. The van der Waals surface area contributed by atoms with Gasteiger partial charge < -0.3 is 9.84 Å². The third kappa shape index (κ3) is 1.90. The highest BCUT2D eigenvalue weighted by molar-refractivity contribution is 5.51. The second kappa shape index (κ2) is 4.60. The molecule has 0 radical (unpaired) electrons. The lowest BCUT2D eigenvalue weighted by molar-refractivity contribution is 0.0799. The Labute approximate surface area is 117 Å². The number of halogens is 1. The first-order valence-electron chi connectivity index (χ1n) is 6.71. The molecule has 104 valence electrons. The van der Waals surface area contributed by atoms with E-state index in [1.54, 1.807) is 13.2 Å². The SMILES string of the molecule is COc1ccc(C)cc1C1(O)CCc2cc(F)ccc21. The molecule has 0 saturated heterocycles. The van der Waals surface area contributed by atoms with Crippen molar-refractivity contribution in [2.24, 2.45) is 0 Å². The van der Waals surface area contributed by atoms with Crippen molar-refractivity contribution >= 4 is 0 Å². The van der Waals surface area contributed by atoms with Gasteiger partial charge in [-0.05, 0) is 55.2 Å². The fourth-order valence-corrected chi connectivity index (χ4v) is 3.05. The van der Waals surface area contributed by atoms with Crippen LogP contribution in [0.2, 0.25) is 0 Å². The molecule has 0 bridgehead atoms. The molecule has 3 heteroatoms. The number of ether oxygens (including phenoxy) is 1. The van der Waals surface area contributed by atoms with E-state index in [0.29, 0.717) is 18.6 Å². The number of rotatable bonds is 2. The smallest absolute Gasteiger partial charge is 0.125 e. The molecule has 0 spiro atoms. The second-order valence-corrected chi connectivity index (χ2v) is 5.37. The Kier molecular flexibility index (Phi) is 3.02. The van der Waals surface area contributed by atoms with E-state index in [2.05, 4.69) is 0 Å². The zero-order valence-electron chi connectivity index (χ0n) is 11.6. The van der Waals surface area contributed by atoms with E-state index in [4.69, 9.17) is 4.74 Å². The monoisotopic (exact) mass is 272 g/mol. The topological polar surface area (TPSA) is 29.5 Å². The van der Waals surface area contributed by atoms with Crippen molar-refractivity contribution in [2.75, 3.05) is 7.11 Å². The molecule has 0 aromatic heterocycles. The van der Waals surface area contributed by atoms with Crippen molar-refractivity contribution in [2.45, 2.75) is 25.4 Å². The summed E-state index contributed by atoms with van der Waals surface area (Å²) in [4.78, 5) is 0. The maximum atomic E-state index is 13.3. The van der Waals surface area contributed by atoms with E-state index in [0.717, 1.165) is 22.3 Å². The number of aliphatic hydroxyl groups is 1. The van der Waals surface area contributed by atoms with Gasteiger partial charge in [0.1, 0.15) is 17.2 Å². The predicted octanol–water partition coefficient (Wildman–Crippen LogP) is 3.32. The highest BCUT2D eigenvalue weighted by Crippen LogP contribution is 2.45. The minimum absolute atomic E-state index is 0.260. The Bertz CT molecular complexity index is 666. The average molecular weight is 272 g/mol. The minimum atomic E-state index is -1.10. The summed E-state index contributed by atoms with van der Waals surface area (Å²) in [6, 6.07) is 10.3. The van der Waals surface area contributed by atoms with Gasteiger partial charge in [-0.25, -0.2) is 4.39 Å². The molecule has 3 rings (SSSR count). The van der Waals surface area contributed by atoms with Crippen LogP contribution in [-0.4, -0.2) is 12.2 Å². The van der Waals surface area contributed by atoms with Crippen molar-refractivity contribution in [3.63, 3.8) is 0 Å². The van der Waals surface area contributed by atoms with Crippen LogP contribution in [-0.2, 0) is 12.0 Å². The highest BCUT2D eigenvalue weighted by atomic mass is 19.1. The van der Waals surface area contributed by atoms with E-state index in [1.807, 2.05) is 25.1 Å². The summed E-state index contributed by atoms with van der Waals surface area (Å²) in [5.74, 6) is 0.402. The summed E-state index contributed by atoms with van der Waals surface area (Å²) in [5, 5.41) is 11.1. The second-order valence-electron chi connectivity index (χ2n) is 5.37. The molecule has 0 saturated carbocycles. The lowest BCUT2D eigenvalue weighted by atomic mass is 9.86. The van der Waals surface area contributed by atoms with Crippen LogP contribution in [0.1, 0.15) is 28.7 Å². The molecule has 0 fully saturated rings. The first kappa shape index (κ1) is 13.1. The number of hydrogen-bond acceptors (Lipinski definition) is 2. The Balaban J connectivity index is 2.19. The normalized spacial score (nSPS) is 20.8. The van der Waals surface area contributed by atoms with E-state index in [1.165, 1.54) is 12.1 Å². The van der Waals surface area contributed by atoms with Crippen molar-refractivity contribution in [3.05, 3.63) is 64.5 Å². The van der Waals surface area contributed by atoms with E-state index in [9.17, 15) is 9.50 Å². The molecule has 0 heterocycles. The van der Waals surface area contributed by atoms with Gasteiger partial charge in [0.05, 0.1) is 7.11 Å².